The minimum absolute atomic E-state index is 0.0127. The summed E-state index contributed by atoms with van der Waals surface area (Å²) in [5.74, 6) is 1.54. The molecule has 0 aromatic rings. The summed E-state index contributed by atoms with van der Waals surface area (Å²) in [6.45, 7) is 2.33. The minimum Gasteiger partial charge on any atom is -0.377 e. The minimum atomic E-state index is 0.0127. The Morgan fingerprint density at radius 3 is 2.57 bits per heavy atom. The van der Waals surface area contributed by atoms with Gasteiger partial charge in [0.15, 0.2) is 0 Å². The molecule has 0 bridgehead atoms. The summed E-state index contributed by atoms with van der Waals surface area (Å²) in [6, 6.07) is 0.287. The monoisotopic (exact) mass is 197 g/mol. The Morgan fingerprint density at radius 1 is 1.36 bits per heavy atom. The van der Waals surface area contributed by atoms with Crippen molar-refractivity contribution in [2.75, 3.05) is 7.11 Å². The van der Waals surface area contributed by atoms with Gasteiger partial charge in [-0.25, -0.2) is 0 Å². The molecule has 3 atom stereocenters. The van der Waals surface area contributed by atoms with Gasteiger partial charge < -0.3 is 10.5 Å². The average molecular weight is 197 g/mol. The quantitative estimate of drug-likeness (QED) is 0.753. The first-order valence-electron chi connectivity index (χ1n) is 5.99. The van der Waals surface area contributed by atoms with Crippen LogP contribution in [-0.2, 0) is 4.74 Å². The molecular weight excluding hydrogens is 174 g/mol. The third-order valence-corrected chi connectivity index (χ3v) is 4.13. The predicted octanol–water partition coefficient (Wildman–Crippen LogP) is 2.32. The summed E-state index contributed by atoms with van der Waals surface area (Å²) < 4.78 is 5.79. The number of ether oxygens (including phenoxy) is 1. The summed E-state index contributed by atoms with van der Waals surface area (Å²) >= 11 is 0. The molecule has 3 unspecified atom stereocenters. The molecule has 2 aliphatic carbocycles. The van der Waals surface area contributed by atoms with E-state index in [0.717, 1.165) is 11.8 Å². The molecule has 2 nitrogen and oxygen atoms in total. The van der Waals surface area contributed by atoms with Crippen molar-refractivity contribution in [3.8, 4) is 0 Å². The molecule has 0 aromatic heterocycles. The van der Waals surface area contributed by atoms with Gasteiger partial charge in [-0.1, -0.05) is 19.8 Å². The molecule has 0 aliphatic heterocycles. The van der Waals surface area contributed by atoms with E-state index in [-0.39, 0.29) is 11.6 Å². The standard InChI is InChI=1S/C12H23NO/c1-9-4-3-7-12(8-9,14-2)11(13)10-5-6-10/h9-11H,3-8,13H2,1-2H3. The number of rotatable bonds is 3. The van der Waals surface area contributed by atoms with E-state index in [0.29, 0.717) is 0 Å². The van der Waals surface area contributed by atoms with Crippen molar-refractivity contribution in [2.24, 2.45) is 17.6 Å². The third-order valence-electron chi connectivity index (χ3n) is 4.13. The van der Waals surface area contributed by atoms with Crippen LogP contribution in [0, 0.1) is 11.8 Å². The fourth-order valence-corrected chi connectivity index (χ4v) is 3.05. The van der Waals surface area contributed by atoms with Crippen LogP contribution in [0.2, 0.25) is 0 Å². The zero-order chi connectivity index (χ0) is 10.2. The molecule has 2 N–H and O–H groups in total. The first-order chi connectivity index (χ1) is 6.68. The largest absolute Gasteiger partial charge is 0.377 e. The van der Waals surface area contributed by atoms with Gasteiger partial charge in [0.25, 0.3) is 0 Å². The highest BCUT2D eigenvalue weighted by molar-refractivity contribution is 5.01. The molecule has 0 saturated heterocycles. The predicted molar refractivity (Wildman–Crippen MR) is 58.1 cm³/mol. The maximum absolute atomic E-state index is 6.34. The molecule has 0 spiro atoms. The SMILES string of the molecule is COC1(C(N)C2CC2)CCCC(C)C1. The zero-order valence-electron chi connectivity index (χ0n) is 9.46. The van der Waals surface area contributed by atoms with Crippen LogP contribution < -0.4 is 5.73 Å². The Balaban J connectivity index is 2.06. The Kier molecular flexibility index (Phi) is 2.85. The van der Waals surface area contributed by atoms with E-state index in [1.807, 2.05) is 7.11 Å². The van der Waals surface area contributed by atoms with Gasteiger partial charge in [0.1, 0.15) is 0 Å². The third kappa shape index (κ3) is 1.82. The van der Waals surface area contributed by atoms with E-state index in [1.54, 1.807) is 0 Å². The van der Waals surface area contributed by atoms with Crippen LogP contribution in [0.1, 0.15) is 45.4 Å². The molecule has 0 aromatic carbocycles. The Hall–Kier alpha value is -0.0800. The summed E-state index contributed by atoms with van der Waals surface area (Å²) in [7, 11) is 1.85. The van der Waals surface area contributed by atoms with Crippen LogP contribution in [0.25, 0.3) is 0 Å². The highest BCUT2D eigenvalue weighted by Gasteiger charge is 2.46. The van der Waals surface area contributed by atoms with Crippen molar-refractivity contribution in [1.82, 2.24) is 0 Å². The Labute approximate surface area is 87.2 Å². The van der Waals surface area contributed by atoms with Crippen molar-refractivity contribution >= 4 is 0 Å². The van der Waals surface area contributed by atoms with E-state index in [1.165, 1.54) is 38.5 Å². The van der Waals surface area contributed by atoms with Crippen molar-refractivity contribution in [2.45, 2.75) is 57.1 Å². The van der Waals surface area contributed by atoms with Gasteiger partial charge in [0.05, 0.1) is 5.60 Å². The van der Waals surface area contributed by atoms with E-state index < -0.39 is 0 Å². The molecule has 14 heavy (non-hydrogen) atoms. The van der Waals surface area contributed by atoms with Crippen LogP contribution in [0.5, 0.6) is 0 Å². The fraction of sp³-hybridized carbons (Fsp3) is 1.00. The first kappa shape index (κ1) is 10.4. The fourth-order valence-electron chi connectivity index (χ4n) is 3.05. The molecule has 82 valence electrons. The zero-order valence-corrected chi connectivity index (χ0v) is 9.46. The van der Waals surface area contributed by atoms with Crippen LogP contribution in [0.15, 0.2) is 0 Å². The first-order valence-corrected chi connectivity index (χ1v) is 5.99. The molecule has 0 heterocycles. The van der Waals surface area contributed by atoms with Crippen molar-refractivity contribution in [3.05, 3.63) is 0 Å². The van der Waals surface area contributed by atoms with Crippen molar-refractivity contribution < 1.29 is 4.74 Å². The second kappa shape index (κ2) is 3.82. The van der Waals surface area contributed by atoms with Crippen molar-refractivity contribution in [3.63, 3.8) is 0 Å². The number of methoxy groups -OCH3 is 1. The van der Waals surface area contributed by atoms with Crippen LogP contribution in [0.4, 0.5) is 0 Å². The van der Waals surface area contributed by atoms with Gasteiger partial charge in [0, 0.05) is 13.2 Å². The molecule has 2 rings (SSSR count). The highest BCUT2D eigenvalue weighted by Crippen LogP contribution is 2.44. The lowest BCUT2D eigenvalue weighted by molar-refractivity contribution is -0.0752. The summed E-state index contributed by atoms with van der Waals surface area (Å²) in [5.41, 5.74) is 6.35. The topological polar surface area (TPSA) is 35.2 Å². The van der Waals surface area contributed by atoms with Crippen LogP contribution in [-0.4, -0.2) is 18.8 Å². The lowest BCUT2D eigenvalue weighted by atomic mass is 9.73. The second-order valence-electron chi connectivity index (χ2n) is 5.33. The molecule has 2 aliphatic rings. The number of hydrogen-bond acceptors (Lipinski definition) is 2. The van der Waals surface area contributed by atoms with Gasteiger partial charge in [-0.05, 0) is 37.5 Å². The summed E-state index contributed by atoms with van der Waals surface area (Å²) in [6.07, 6.45) is 7.62. The van der Waals surface area contributed by atoms with Gasteiger partial charge >= 0.3 is 0 Å². The number of hydrogen-bond donors (Lipinski definition) is 1. The lowest BCUT2D eigenvalue weighted by Crippen LogP contribution is -2.53. The van der Waals surface area contributed by atoms with E-state index in [2.05, 4.69) is 6.92 Å². The van der Waals surface area contributed by atoms with E-state index >= 15 is 0 Å². The van der Waals surface area contributed by atoms with Gasteiger partial charge in [-0.3, -0.25) is 0 Å². The number of nitrogens with two attached hydrogens (primary N) is 1. The maximum atomic E-state index is 6.34. The molecule has 2 fully saturated rings. The average Bonchev–Trinajstić information content (AvgIpc) is 3.00. The Morgan fingerprint density at radius 2 is 2.07 bits per heavy atom. The van der Waals surface area contributed by atoms with E-state index in [4.69, 9.17) is 10.5 Å². The summed E-state index contributed by atoms with van der Waals surface area (Å²) in [4.78, 5) is 0. The van der Waals surface area contributed by atoms with Crippen LogP contribution >= 0.6 is 0 Å². The van der Waals surface area contributed by atoms with Gasteiger partial charge in [-0.2, -0.15) is 0 Å². The molecule has 2 heteroatoms. The van der Waals surface area contributed by atoms with Crippen LogP contribution in [0.3, 0.4) is 0 Å². The lowest BCUT2D eigenvalue weighted by Gasteiger charge is -2.43. The van der Waals surface area contributed by atoms with E-state index in [9.17, 15) is 0 Å². The molecule has 0 radical (unpaired) electrons. The van der Waals surface area contributed by atoms with Gasteiger partial charge in [0.2, 0.25) is 0 Å². The summed E-state index contributed by atoms with van der Waals surface area (Å²) in [5, 5.41) is 0. The Bertz CT molecular complexity index is 202. The molecule has 0 amide bonds. The smallest absolute Gasteiger partial charge is 0.0834 e. The molecular formula is C12H23NO. The second-order valence-corrected chi connectivity index (χ2v) is 5.33. The van der Waals surface area contributed by atoms with Crippen molar-refractivity contribution in [1.29, 1.82) is 0 Å². The highest BCUT2D eigenvalue weighted by atomic mass is 16.5. The normalized spacial score (nSPS) is 40.9. The molecule has 2 saturated carbocycles. The van der Waals surface area contributed by atoms with Gasteiger partial charge in [-0.15, -0.1) is 0 Å². The maximum Gasteiger partial charge on any atom is 0.0834 e.